The van der Waals surface area contributed by atoms with Crippen molar-refractivity contribution in [2.24, 2.45) is 0 Å². The summed E-state index contributed by atoms with van der Waals surface area (Å²) in [5, 5.41) is 14.4. The van der Waals surface area contributed by atoms with Crippen LogP contribution in [0.3, 0.4) is 0 Å². The molecule has 0 unspecified atom stereocenters. The molecule has 0 fully saturated rings. The minimum atomic E-state index is -0.333. The minimum absolute atomic E-state index is 0.333. The Morgan fingerprint density at radius 2 is 2.14 bits per heavy atom. The van der Waals surface area contributed by atoms with Crippen LogP contribution in [0.2, 0.25) is 0 Å². The maximum absolute atomic E-state index is 12.0. The monoisotopic (exact) mass is 279 g/mol. The van der Waals surface area contributed by atoms with E-state index in [1.54, 1.807) is 30.3 Å². The average Bonchev–Trinajstić information content (AvgIpc) is 2.53. The van der Waals surface area contributed by atoms with E-state index in [1.165, 1.54) is 12.4 Å². The van der Waals surface area contributed by atoms with E-state index >= 15 is 0 Å². The van der Waals surface area contributed by atoms with Gasteiger partial charge in [0.25, 0.3) is 5.91 Å². The Kier molecular flexibility index (Phi) is 4.62. The van der Waals surface area contributed by atoms with Gasteiger partial charge in [0.05, 0.1) is 17.2 Å². The number of benzene rings is 1. The van der Waals surface area contributed by atoms with Crippen molar-refractivity contribution in [3.63, 3.8) is 0 Å². The quantitative estimate of drug-likeness (QED) is 0.819. The number of carbonyl (C=O) groups is 1. The minimum Gasteiger partial charge on any atom is -0.351 e. The van der Waals surface area contributed by atoms with E-state index in [-0.39, 0.29) is 5.91 Å². The van der Waals surface area contributed by atoms with Gasteiger partial charge in [-0.15, -0.1) is 6.58 Å². The number of hydrogen-bond donors (Lipinski definition) is 2. The van der Waals surface area contributed by atoms with Crippen molar-refractivity contribution in [3.8, 4) is 6.07 Å². The second-order valence-corrected chi connectivity index (χ2v) is 4.11. The molecule has 0 saturated carbocycles. The van der Waals surface area contributed by atoms with Crippen LogP contribution in [-0.2, 0) is 0 Å². The summed E-state index contributed by atoms with van der Waals surface area (Å²) in [6.07, 6.45) is 4.55. The highest BCUT2D eigenvalue weighted by atomic mass is 16.1. The van der Waals surface area contributed by atoms with Gasteiger partial charge in [-0.25, -0.2) is 9.97 Å². The summed E-state index contributed by atoms with van der Waals surface area (Å²) >= 11 is 0. The summed E-state index contributed by atoms with van der Waals surface area (Å²) in [7, 11) is 0. The molecule has 2 N–H and O–H groups in total. The van der Waals surface area contributed by atoms with Crippen LogP contribution in [0.15, 0.2) is 49.3 Å². The van der Waals surface area contributed by atoms with Crippen LogP contribution in [0.1, 0.15) is 15.9 Å². The smallest absolute Gasteiger partial charge is 0.258 e. The van der Waals surface area contributed by atoms with Gasteiger partial charge < -0.3 is 10.6 Å². The molecule has 1 amide bonds. The molecule has 1 heterocycles. The maximum atomic E-state index is 12.0. The third kappa shape index (κ3) is 3.88. The van der Waals surface area contributed by atoms with E-state index in [0.717, 1.165) is 0 Å². The van der Waals surface area contributed by atoms with Gasteiger partial charge in [-0.05, 0) is 18.2 Å². The van der Waals surface area contributed by atoms with Crippen molar-refractivity contribution >= 4 is 17.5 Å². The zero-order valence-corrected chi connectivity index (χ0v) is 11.2. The molecule has 0 aliphatic carbocycles. The summed E-state index contributed by atoms with van der Waals surface area (Å²) in [6, 6.07) is 8.69. The van der Waals surface area contributed by atoms with Gasteiger partial charge in [0.1, 0.15) is 0 Å². The largest absolute Gasteiger partial charge is 0.351 e. The lowest BCUT2D eigenvalue weighted by Gasteiger charge is -2.06. The van der Waals surface area contributed by atoms with E-state index < -0.39 is 0 Å². The molecule has 0 saturated heterocycles. The molecule has 1 aromatic carbocycles. The second-order valence-electron chi connectivity index (χ2n) is 4.11. The van der Waals surface area contributed by atoms with Crippen molar-refractivity contribution in [1.29, 1.82) is 5.26 Å². The molecule has 6 heteroatoms. The standard InChI is InChI=1S/C15H13N5O/c1-2-6-17-15-18-9-12(10-19-15)14(21)20-13-5-3-4-11(7-13)8-16/h2-5,7,9-10H,1,6H2,(H,20,21)(H,17,18,19). The van der Waals surface area contributed by atoms with Gasteiger partial charge in [-0.1, -0.05) is 12.1 Å². The van der Waals surface area contributed by atoms with Crippen LogP contribution in [-0.4, -0.2) is 22.4 Å². The van der Waals surface area contributed by atoms with Crippen molar-refractivity contribution < 1.29 is 4.79 Å². The van der Waals surface area contributed by atoms with Gasteiger partial charge >= 0.3 is 0 Å². The van der Waals surface area contributed by atoms with Crippen LogP contribution in [0.5, 0.6) is 0 Å². The fourth-order valence-corrected chi connectivity index (χ4v) is 1.57. The SMILES string of the molecule is C=CCNc1ncc(C(=O)Nc2cccc(C#N)c2)cn1. The Morgan fingerprint density at radius 1 is 1.38 bits per heavy atom. The highest BCUT2D eigenvalue weighted by molar-refractivity contribution is 6.03. The molecule has 21 heavy (non-hydrogen) atoms. The van der Waals surface area contributed by atoms with Crippen LogP contribution in [0, 0.1) is 11.3 Å². The number of aromatic nitrogens is 2. The first-order valence-electron chi connectivity index (χ1n) is 6.21. The Bertz CT molecular complexity index is 688. The molecule has 0 aliphatic heterocycles. The Balaban J connectivity index is 2.06. The number of rotatable bonds is 5. The molecule has 2 rings (SSSR count). The fourth-order valence-electron chi connectivity index (χ4n) is 1.57. The number of carbonyl (C=O) groups excluding carboxylic acids is 1. The number of hydrogen-bond acceptors (Lipinski definition) is 5. The summed E-state index contributed by atoms with van der Waals surface area (Å²) in [5.41, 5.74) is 1.36. The van der Waals surface area contributed by atoms with Crippen LogP contribution in [0.4, 0.5) is 11.6 Å². The Morgan fingerprint density at radius 3 is 2.81 bits per heavy atom. The van der Waals surface area contributed by atoms with E-state index in [1.807, 2.05) is 6.07 Å². The highest BCUT2D eigenvalue weighted by Gasteiger charge is 2.07. The van der Waals surface area contributed by atoms with Crippen molar-refractivity contribution in [2.45, 2.75) is 0 Å². The molecule has 0 atom stereocenters. The number of nitriles is 1. The molecular weight excluding hydrogens is 266 g/mol. The molecule has 2 aromatic rings. The van der Waals surface area contributed by atoms with Crippen molar-refractivity contribution in [2.75, 3.05) is 17.2 Å². The molecule has 1 aromatic heterocycles. The Hall–Kier alpha value is -3.20. The summed E-state index contributed by atoms with van der Waals surface area (Å²) in [6.45, 7) is 4.13. The second kappa shape index (κ2) is 6.82. The van der Waals surface area contributed by atoms with Crippen molar-refractivity contribution in [1.82, 2.24) is 9.97 Å². The molecular formula is C15H13N5O. The van der Waals surface area contributed by atoms with Crippen LogP contribution >= 0.6 is 0 Å². The van der Waals surface area contributed by atoms with Crippen molar-refractivity contribution in [3.05, 3.63) is 60.4 Å². The van der Waals surface area contributed by atoms with E-state index in [4.69, 9.17) is 5.26 Å². The molecule has 0 bridgehead atoms. The summed E-state index contributed by atoms with van der Waals surface area (Å²) in [4.78, 5) is 20.1. The summed E-state index contributed by atoms with van der Waals surface area (Å²) in [5.74, 6) is 0.0956. The zero-order chi connectivity index (χ0) is 15.1. The lowest BCUT2D eigenvalue weighted by atomic mass is 10.2. The number of anilines is 2. The molecule has 0 radical (unpaired) electrons. The number of nitrogens with zero attached hydrogens (tertiary/aromatic N) is 3. The summed E-state index contributed by atoms with van der Waals surface area (Å²) < 4.78 is 0. The van der Waals surface area contributed by atoms with Crippen LogP contribution < -0.4 is 10.6 Å². The first-order chi connectivity index (χ1) is 10.2. The predicted molar refractivity (Wildman–Crippen MR) is 79.8 cm³/mol. The molecule has 0 aliphatic rings. The number of amides is 1. The number of nitrogens with one attached hydrogen (secondary N) is 2. The van der Waals surface area contributed by atoms with Crippen LogP contribution in [0.25, 0.3) is 0 Å². The third-order valence-corrected chi connectivity index (χ3v) is 2.57. The normalized spacial score (nSPS) is 9.48. The highest BCUT2D eigenvalue weighted by Crippen LogP contribution is 2.11. The van der Waals surface area contributed by atoms with Gasteiger partial charge in [0.15, 0.2) is 0 Å². The van der Waals surface area contributed by atoms with E-state index in [2.05, 4.69) is 27.2 Å². The zero-order valence-electron chi connectivity index (χ0n) is 11.2. The fraction of sp³-hybridized carbons (Fsp3) is 0.0667. The Labute approximate surface area is 122 Å². The van der Waals surface area contributed by atoms with Gasteiger partial charge in [-0.3, -0.25) is 4.79 Å². The molecule has 104 valence electrons. The topological polar surface area (TPSA) is 90.7 Å². The first-order valence-corrected chi connectivity index (χ1v) is 6.21. The lowest BCUT2D eigenvalue weighted by Crippen LogP contribution is -2.13. The van der Waals surface area contributed by atoms with Gasteiger partial charge in [0, 0.05) is 24.6 Å². The first kappa shape index (κ1) is 14.2. The third-order valence-electron chi connectivity index (χ3n) is 2.57. The maximum Gasteiger partial charge on any atom is 0.258 e. The average molecular weight is 279 g/mol. The predicted octanol–water partition coefficient (Wildman–Crippen LogP) is 2.20. The molecule has 6 nitrogen and oxygen atoms in total. The van der Waals surface area contributed by atoms with Gasteiger partial charge in [0.2, 0.25) is 5.95 Å². The van der Waals surface area contributed by atoms with Gasteiger partial charge in [-0.2, -0.15) is 5.26 Å². The van der Waals surface area contributed by atoms with E-state index in [0.29, 0.717) is 29.3 Å². The van der Waals surface area contributed by atoms with E-state index in [9.17, 15) is 4.79 Å². The molecule has 0 spiro atoms. The lowest BCUT2D eigenvalue weighted by molar-refractivity contribution is 0.102.